The van der Waals surface area contributed by atoms with Crippen LogP contribution in [0.3, 0.4) is 0 Å². The van der Waals surface area contributed by atoms with Gasteiger partial charge >= 0.3 is 0 Å². The molecule has 0 aliphatic carbocycles. The highest BCUT2D eigenvalue weighted by Gasteiger charge is 2.22. The van der Waals surface area contributed by atoms with Gasteiger partial charge in [-0.25, -0.2) is 0 Å². The summed E-state index contributed by atoms with van der Waals surface area (Å²) in [5, 5.41) is 24.2. The normalized spacial score (nSPS) is 13.9. The Morgan fingerprint density at radius 1 is 1.42 bits per heavy atom. The van der Waals surface area contributed by atoms with Crippen LogP contribution in [0.2, 0.25) is 10.0 Å². The van der Waals surface area contributed by atoms with Crippen molar-refractivity contribution >= 4 is 34.6 Å². The van der Waals surface area contributed by atoms with Crippen LogP contribution in [0.1, 0.15) is 26.7 Å². The van der Waals surface area contributed by atoms with Crippen molar-refractivity contribution in [3.63, 3.8) is 0 Å². The van der Waals surface area contributed by atoms with Crippen molar-refractivity contribution in [2.45, 2.75) is 32.3 Å². The number of benzene rings is 1. The van der Waals surface area contributed by atoms with E-state index in [2.05, 4.69) is 5.32 Å². The summed E-state index contributed by atoms with van der Waals surface area (Å²) in [6, 6.07) is 2.59. The maximum atomic E-state index is 10.9. The fraction of sp³-hybridized carbons (Fsp3) is 0.500. The molecule has 0 aliphatic rings. The largest absolute Gasteiger partial charge is 0.388 e. The monoisotopic (exact) mass is 306 g/mol. The number of aliphatic hydroxyl groups is 1. The van der Waals surface area contributed by atoms with Gasteiger partial charge < -0.3 is 10.4 Å². The summed E-state index contributed by atoms with van der Waals surface area (Å²) in [6.45, 7) is 3.82. The van der Waals surface area contributed by atoms with E-state index in [1.54, 1.807) is 6.92 Å². The molecule has 1 rings (SSSR count). The predicted octanol–water partition coefficient (Wildman–Crippen LogP) is 3.86. The van der Waals surface area contributed by atoms with Gasteiger partial charge in [-0.2, -0.15) is 0 Å². The van der Waals surface area contributed by atoms with E-state index in [9.17, 15) is 15.2 Å². The summed E-state index contributed by atoms with van der Waals surface area (Å²) in [5.41, 5.74) is -0.855. The van der Waals surface area contributed by atoms with Gasteiger partial charge in [0.2, 0.25) is 0 Å². The quantitative estimate of drug-likeness (QED) is 0.618. The van der Waals surface area contributed by atoms with Crippen LogP contribution >= 0.6 is 23.2 Å². The summed E-state index contributed by atoms with van der Waals surface area (Å²) in [5.74, 6) is 0. The van der Waals surface area contributed by atoms with Crippen LogP contribution < -0.4 is 5.32 Å². The second kappa shape index (κ2) is 6.41. The van der Waals surface area contributed by atoms with Gasteiger partial charge in [0.05, 0.1) is 20.6 Å². The van der Waals surface area contributed by atoms with Crippen LogP contribution in [-0.4, -0.2) is 22.2 Å². The Morgan fingerprint density at radius 2 is 2.00 bits per heavy atom. The lowest BCUT2D eigenvalue weighted by Crippen LogP contribution is -2.33. The Kier molecular flexibility index (Phi) is 5.40. The van der Waals surface area contributed by atoms with Crippen molar-refractivity contribution in [2.75, 3.05) is 11.9 Å². The Morgan fingerprint density at radius 3 is 2.53 bits per heavy atom. The minimum Gasteiger partial charge on any atom is -0.388 e. The number of anilines is 1. The third kappa shape index (κ3) is 4.53. The molecule has 106 valence electrons. The lowest BCUT2D eigenvalue weighted by Gasteiger charge is -2.23. The average molecular weight is 307 g/mol. The molecule has 0 bridgehead atoms. The van der Waals surface area contributed by atoms with Crippen molar-refractivity contribution in [3.05, 3.63) is 32.3 Å². The summed E-state index contributed by atoms with van der Waals surface area (Å²) in [6.07, 6.45) is 1.41. The highest BCUT2D eigenvalue weighted by Crippen LogP contribution is 2.34. The van der Waals surface area contributed by atoms with Gasteiger partial charge in [0.25, 0.3) is 5.69 Å². The summed E-state index contributed by atoms with van der Waals surface area (Å²) < 4.78 is 0. The Bertz CT molecular complexity index is 478. The van der Waals surface area contributed by atoms with Gasteiger partial charge in [-0.15, -0.1) is 0 Å². The van der Waals surface area contributed by atoms with E-state index >= 15 is 0 Å². The Hall–Kier alpha value is -1.04. The molecule has 1 unspecified atom stereocenters. The summed E-state index contributed by atoms with van der Waals surface area (Å²) >= 11 is 11.6. The first-order chi connectivity index (χ1) is 8.76. The number of hydrogen-bond acceptors (Lipinski definition) is 4. The lowest BCUT2D eigenvalue weighted by atomic mass is 10.0. The molecule has 5 nitrogen and oxygen atoms in total. The smallest absolute Gasteiger partial charge is 0.293 e. The van der Waals surface area contributed by atoms with E-state index in [0.717, 1.165) is 6.42 Å². The molecule has 0 aliphatic heterocycles. The first-order valence-corrected chi connectivity index (χ1v) is 6.62. The molecule has 19 heavy (non-hydrogen) atoms. The van der Waals surface area contributed by atoms with Crippen LogP contribution in [0, 0.1) is 10.1 Å². The zero-order valence-electron chi connectivity index (χ0n) is 10.7. The first kappa shape index (κ1) is 16.0. The van der Waals surface area contributed by atoms with Crippen LogP contribution in [0.4, 0.5) is 11.4 Å². The molecular weight excluding hydrogens is 291 g/mol. The number of nitrogens with one attached hydrogen (secondary N) is 1. The maximum Gasteiger partial charge on any atom is 0.293 e. The average Bonchev–Trinajstić information content (AvgIpc) is 2.30. The van der Waals surface area contributed by atoms with E-state index in [-0.39, 0.29) is 28.0 Å². The molecule has 1 atom stereocenters. The number of halogens is 2. The summed E-state index contributed by atoms with van der Waals surface area (Å²) in [4.78, 5) is 10.4. The van der Waals surface area contributed by atoms with E-state index < -0.39 is 10.5 Å². The third-order valence-electron chi connectivity index (χ3n) is 2.68. The topological polar surface area (TPSA) is 75.4 Å². The number of nitrogens with zero attached hydrogens (tertiary/aromatic N) is 1. The van der Waals surface area contributed by atoms with Gasteiger partial charge in [0.1, 0.15) is 5.69 Å². The van der Waals surface area contributed by atoms with Crippen molar-refractivity contribution in [1.82, 2.24) is 0 Å². The molecule has 0 amide bonds. The Labute approximate surface area is 121 Å². The zero-order chi connectivity index (χ0) is 14.6. The molecule has 0 spiro atoms. The van der Waals surface area contributed by atoms with E-state index in [0.29, 0.717) is 6.42 Å². The molecule has 0 aromatic heterocycles. The van der Waals surface area contributed by atoms with Crippen LogP contribution in [0.15, 0.2) is 12.1 Å². The standard InChI is InChI=1S/C12H16Cl2N2O3/c1-3-4-12(2,17)7-15-10-5-8(13)9(14)6-11(10)16(18)19/h5-6,15,17H,3-4,7H2,1-2H3. The van der Waals surface area contributed by atoms with Gasteiger partial charge in [-0.05, 0) is 19.4 Å². The number of nitro benzene ring substituents is 1. The molecule has 7 heteroatoms. The number of rotatable bonds is 6. The lowest BCUT2D eigenvalue weighted by molar-refractivity contribution is -0.383. The van der Waals surface area contributed by atoms with Gasteiger partial charge in [-0.3, -0.25) is 10.1 Å². The fourth-order valence-corrected chi connectivity index (χ4v) is 2.06. The van der Waals surface area contributed by atoms with Gasteiger partial charge in [-0.1, -0.05) is 36.5 Å². The van der Waals surface area contributed by atoms with Crippen LogP contribution in [-0.2, 0) is 0 Å². The second-order valence-corrected chi connectivity index (χ2v) is 5.46. The molecule has 0 fully saturated rings. The van der Waals surface area contributed by atoms with E-state index in [1.165, 1.54) is 12.1 Å². The fourth-order valence-electron chi connectivity index (χ4n) is 1.74. The molecule has 0 heterocycles. The van der Waals surface area contributed by atoms with Gasteiger partial charge in [0.15, 0.2) is 0 Å². The molecule has 1 aromatic carbocycles. The third-order valence-corrected chi connectivity index (χ3v) is 3.41. The molecule has 0 saturated heterocycles. The van der Waals surface area contributed by atoms with Crippen molar-refractivity contribution < 1.29 is 10.0 Å². The SMILES string of the molecule is CCCC(C)(O)CNc1cc(Cl)c(Cl)cc1[N+](=O)[O-]. The van der Waals surface area contributed by atoms with Gasteiger partial charge in [0, 0.05) is 12.6 Å². The zero-order valence-corrected chi connectivity index (χ0v) is 12.3. The first-order valence-electron chi connectivity index (χ1n) is 5.86. The van der Waals surface area contributed by atoms with Crippen LogP contribution in [0.5, 0.6) is 0 Å². The molecule has 0 radical (unpaired) electrons. The van der Waals surface area contributed by atoms with E-state index in [1.807, 2.05) is 6.92 Å². The minimum atomic E-state index is -0.936. The van der Waals surface area contributed by atoms with E-state index in [4.69, 9.17) is 23.2 Å². The number of hydrogen-bond donors (Lipinski definition) is 2. The van der Waals surface area contributed by atoms with Crippen molar-refractivity contribution in [2.24, 2.45) is 0 Å². The predicted molar refractivity (Wildman–Crippen MR) is 77.1 cm³/mol. The highest BCUT2D eigenvalue weighted by molar-refractivity contribution is 6.42. The number of nitro groups is 1. The minimum absolute atomic E-state index is 0.124. The van der Waals surface area contributed by atoms with Crippen molar-refractivity contribution in [3.8, 4) is 0 Å². The van der Waals surface area contributed by atoms with Crippen molar-refractivity contribution in [1.29, 1.82) is 0 Å². The van der Waals surface area contributed by atoms with Crippen LogP contribution in [0.25, 0.3) is 0 Å². The molecule has 2 N–H and O–H groups in total. The second-order valence-electron chi connectivity index (χ2n) is 4.64. The highest BCUT2D eigenvalue weighted by atomic mass is 35.5. The molecule has 0 saturated carbocycles. The molecular formula is C12H16Cl2N2O3. The summed E-state index contributed by atoms with van der Waals surface area (Å²) in [7, 11) is 0. The maximum absolute atomic E-state index is 10.9. The Balaban J connectivity index is 2.94. The molecule has 1 aromatic rings.